The van der Waals surface area contributed by atoms with Gasteiger partial charge < -0.3 is 29.7 Å². The lowest BCUT2D eigenvalue weighted by atomic mass is 9.74. The van der Waals surface area contributed by atoms with Gasteiger partial charge in [0.15, 0.2) is 0 Å². The van der Waals surface area contributed by atoms with Gasteiger partial charge >= 0.3 is 5.97 Å². The van der Waals surface area contributed by atoms with E-state index < -0.39 is 47.6 Å². The van der Waals surface area contributed by atoms with E-state index in [1.807, 2.05) is 56.3 Å². The number of hydrogen-bond donors (Lipinski definition) is 2. The van der Waals surface area contributed by atoms with Crippen LogP contribution in [0.3, 0.4) is 0 Å². The van der Waals surface area contributed by atoms with E-state index in [1.165, 1.54) is 4.90 Å². The first kappa shape index (κ1) is 29.0. The molecule has 3 amide bonds. The molecule has 220 valence electrons. The van der Waals surface area contributed by atoms with Crippen LogP contribution in [-0.4, -0.2) is 88.6 Å². The van der Waals surface area contributed by atoms with E-state index in [4.69, 9.17) is 9.47 Å². The molecule has 1 aromatic carbocycles. The van der Waals surface area contributed by atoms with E-state index >= 15 is 0 Å². The molecular weight excluding hydrogens is 526 g/mol. The number of rotatable bonds is 6. The van der Waals surface area contributed by atoms with Crippen LogP contribution < -0.4 is 5.32 Å². The lowest BCUT2D eigenvalue weighted by Gasteiger charge is -2.38. The number of β-amino-alcohol motifs (C(OH)–C–C–N with tert-alkyl or cyclic N) is 1. The van der Waals surface area contributed by atoms with Gasteiger partial charge in [0.25, 0.3) is 0 Å². The van der Waals surface area contributed by atoms with Crippen LogP contribution in [0.2, 0.25) is 0 Å². The van der Waals surface area contributed by atoms with Gasteiger partial charge in [0, 0.05) is 25.6 Å². The Morgan fingerprint density at radius 2 is 1.90 bits per heavy atom. The fourth-order valence-corrected chi connectivity index (χ4v) is 6.71. The lowest BCUT2D eigenvalue weighted by molar-refractivity contribution is -0.160. The number of carbonyl (C=O) groups is 4. The highest BCUT2D eigenvalue weighted by atomic mass is 16.6. The predicted octanol–water partition coefficient (Wildman–Crippen LogP) is 1.90. The third kappa shape index (κ3) is 5.30. The Kier molecular flexibility index (Phi) is 8.60. The third-order valence-corrected chi connectivity index (χ3v) is 8.66. The minimum atomic E-state index is -1.34. The molecule has 1 spiro atoms. The summed E-state index contributed by atoms with van der Waals surface area (Å²) in [6, 6.07) is 7.98. The third-order valence-electron chi connectivity index (χ3n) is 8.66. The number of nitrogens with zero attached hydrogens (tertiary/aromatic N) is 2. The van der Waals surface area contributed by atoms with Crippen LogP contribution in [0, 0.1) is 11.8 Å². The summed E-state index contributed by atoms with van der Waals surface area (Å²) in [6.45, 7) is 4.01. The van der Waals surface area contributed by atoms with Gasteiger partial charge in [0.2, 0.25) is 17.7 Å². The van der Waals surface area contributed by atoms with Crippen LogP contribution in [0.25, 0.3) is 0 Å². The zero-order chi connectivity index (χ0) is 29.1. The first-order valence-corrected chi connectivity index (χ1v) is 14.6. The molecule has 2 N–H and O–H groups in total. The van der Waals surface area contributed by atoms with Crippen molar-refractivity contribution in [2.45, 2.75) is 69.4 Å². The van der Waals surface area contributed by atoms with Crippen molar-refractivity contribution in [3.8, 4) is 0 Å². The fraction of sp³-hybridized carbons (Fsp3) is 0.548. The van der Waals surface area contributed by atoms with Gasteiger partial charge in [0.05, 0.1) is 25.2 Å². The van der Waals surface area contributed by atoms with E-state index in [1.54, 1.807) is 17.1 Å². The molecule has 4 aliphatic rings. The van der Waals surface area contributed by atoms with Crippen molar-refractivity contribution >= 4 is 23.7 Å². The lowest BCUT2D eigenvalue weighted by Crippen LogP contribution is -2.57. The Morgan fingerprint density at radius 1 is 1.12 bits per heavy atom. The van der Waals surface area contributed by atoms with Crippen LogP contribution in [0.15, 0.2) is 54.6 Å². The van der Waals surface area contributed by atoms with Gasteiger partial charge in [-0.15, -0.1) is 0 Å². The molecule has 0 aromatic heterocycles. The van der Waals surface area contributed by atoms with Gasteiger partial charge in [-0.2, -0.15) is 0 Å². The molecular formula is C31H39N3O7. The number of carbonyl (C=O) groups excluding carboxylic acids is 4. The van der Waals surface area contributed by atoms with Crippen molar-refractivity contribution in [3.63, 3.8) is 0 Å². The number of aliphatic hydroxyl groups is 1. The zero-order valence-electron chi connectivity index (χ0n) is 23.6. The SMILES string of the molecule is CCCC(C)N1C/C=C\CCC(=O)NC[C@@H](c2ccccc2)OC(=O)[C@@H]2[C@@H]3C=C[C@]4(O3)[C@H](C1=O)N(CCO)C(=O)[C@@H]24. The molecule has 0 aliphatic carbocycles. The summed E-state index contributed by atoms with van der Waals surface area (Å²) in [7, 11) is 0. The number of fused-ring (bicyclic) bond motifs is 2. The van der Waals surface area contributed by atoms with Crippen LogP contribution in [-0.2, 0) is 28.7 Å². The summed E-state index contributed by atoms with van der Waals surface area (Å²) >= 11 is 0. The molecule has 7 atom stereocenters. The van der Waals surface area contributed by atoms with Crippen molar-refractivity contribution in [1.82, 2.24) is 15.1 Å². The number of amides is 3. The Bertz CT molecular complexity index is 1220. The summed E-state index contributed by atoms with van der Waals surface area (Å²) < 4.78 is 12.4. The number of aliphatic hydroxyl groups excluding tert-OH is 1. The molecule has 2 saturated heterocycles. The maximum atomic E-state index is 14.4. The Morgan fingerprint density at radius 3 is 2.63 bits per heavy atom. The maximum Gasteiger partial charge on any atom is 0.313 e. The first-order chi connectivity index (χ1) is 19.8. The maximum absolute atomic E-state index is 14.4. The number of nitrogens with one attached hydrogen (secondary N) is 1. The van der Waals surface area contributed by atoms with E-state index in [0.717, 1.165) is 12.8 Å². The van der Waals surface area contributed by atoms with Crippen molar-refractivity contribution in [1.29, 1.82) is 0 Å². The molecule has 5 bridgehead atoms. The van der Waals surface area contributed by atoms with Crippen molar-refractivity contribution in [3.05, 3.63) is 60.2 Å². The monoisotopic (exact) mass is 565 g/mol. The summed E-state index contributed by atoms with van der Waals surface area (Å²) in [4.78, 5) is 57.9. The molecule has 0 saturated carbocycles. The number of ether oxygens (including phenoxy) is 2. The summed E-state index contributed by atoms with van der Waals surface area (Å²) in [5.74, 6) is -3.43. The second kappa shape index (κ2) is 12.2. The topological polar surface area (TPSA) is 125 Å². The first-order valence-electron chi connectivity index (χ1n) is 14.6. The predicted molar refractivity (Wildman–Crippen MR) is 149 cm³/mol. The number of likely N-dealkylation sites (tertiary alicyclic amines) is 1. The van der Waals surface area contributed by atoms with Gasteiger partial charge in [0.1, 0.15) is 23.7 Å². The molecule has 2 fully saturated rings. The van der Waals surface area contributed by atoms with Crippen molar-refractivity contribution < 1.29 is 33.8 Å². The smallest absolute Gasteiger partial charge is 0.313 e. The van der Waals surface area contributed by atoms with Crippen molar-refractivity contribution in [2.75, 3.05) is 26.2 Å². The van der Waals surface area contributed by atoms with E-state index in [0.29, 0.717) is 18.5 Å². The second-order valence-corrected chi connectivity index (χ2v) is 11.2. The van der Waals surface area contributed by atoms with Gasteiger partial charge in [-0.25, -0.2) is 0 Å². The zero-order valence-corrected chi connectivity index (χ0v) is 23.6. The van der Waals surface area contributed by atoms with Crippen LogP contribution >= 0.6 is 0 Å². The van der Waals surface area contributed by atoms with E-state index in [-0.39, 0.29) is 44.0 Å². The average Bonchev–Trinajstić information content (AvgIpc) is 3.60. The van der Waals surface area contributed by atoms with Crippen molar-refractivity contribution in [2.24, 2.45) is 11.8 Å². The Balaban J connectivity index is 1.55. The molecule has 4 aliphatic heterocycles. The highest BCUT2D eigenvalue weighted by molar-refractivity contribution is 5.99. The van der Waals surface area contributed by atoms with E-state index in [2.05, 4.69) is 5.32 Å². The second-order valence-electron chi connectivity index (χ2n) is 11.2. The summed E-state index contributed by atoms with van der Waals surface area (Å²) in [5.41, 5.74) is -0.628. The highest BCUT2D eigenvalue weighted by Crippen LogP contribution is 2.55. The quantitative estimate of drug-likeness (QED) is 0.399. The number of cyclic esters (lactones) is 1. The van der Waals surface area contributed by atoms with Crippen LogP contribution in [0.4, 0.5) is 0 Å². The molecule has 1 aromatic rings. The van der Waals surface area contributed by atoms with Gasteiger partial charge in [-0.05, 0) is 25.3 Å². The average molecular weight is 566 g/mol. The Hall–Kier alpha value is -3.50. The number of hydrogen-bond acceptors (Lipinski definition) is 7. The van der Waals surface area contributed by atoms with Gasteiger partial charge in [-0.1, -0.05) is 68.0 Å². The largest absolute Gasteiger partial charge is 0.455 e. The molecule has 0 radical (unpaired) electrons. The summed E-state index contributed by atoms with van der Waals surface area (Å²) in [5, 5.41) is 12.7. The van der Waals surface area contributed by atoms with Gasteiger partial charge in [-0.3, -0.25) is 19.2 Å². The van der Waals surface area contributed by atoms with Crippen LogP contribution in [0.1, 0.15) is 51.2 Å². The Labute approximate surface area is 240 Å². The molecule has 41 heavy (non-hydrogen) atoms. The van der Waals surface area contributed by atoms with E-state index in [9.17, 15) is 24.3 Å². The highest BCUT2D eigenvalue weighted by Gasteiger charge is 2.73. The molecule has 10 heteroatoms. The number of esters is 1. The fourth-order valence-electron chi connectivity index (χ4n) is 6.71. The minimum absolute atomic E-state index is 0.0539. The summed E-state index contributed by atoms with van der Waals surface area (Å²) in [6.07, 6.45) is 8.10. The molecule has 1 unspecified atom stereocenters. The number of allylic oxidation sites excluding steroid dienone is 1. The van der Waals surface area contributed by atoms with Crippen LogP contribution in [0.5, 0.6) is 0 Å². The number of benzene rings is 1. The minimum Gasteiger partial charge on any atom is -0.455 e. The molecule has 10 nitrogen and oxygen atoms in total. The normalized spacial score (nSPS) is 33.5. The molecule has 5 rings (SSSR count). The standard InChI is InChI=1S/C31H39N3O7/c1-3-10-20(2)33-16-9-5-8-13-24(36)32-19-23(21-11-6-4-7-12-21)40-30(39)25-22-14-15-31(41-22)26(25)28(37)34(17-18-35)27(31)29(33)38/h4-7,9,11-12,14-15,20,22-23,25-27,35H,3,8,10,13,16-19H2,1-2H3,(H,32,36)/b9-5-/t20?,22-,23-,25+,26+,27-,31+/m0/s1. The molecule has 4 heterocycles.